The molecule has 2 aliphatic heterocycles. The Bertz CT molecular complexity index is 602. The molecule has 25 heavy (non-hydrogen) atoms. The normalized spacial score (nSPS) is 26.0. The average molecular weight is 368 g/mol. The minimum absolute atomic E-state index is 0.0601. The monoisotopic (exact) mass is 367 g/mol. The molecule has 3 heterocycles. The number of aliphatic hydroxyl groups is 1. The Morgan fingerprint density at radius 2 is 2.36 bits per heavy atom. The highest BCUT2D eigenvalue weighted by Gasteiger charge is 2.49. The molecule has 3 rings (SSSR count). The second-order valence-electron chi connectivity index (χ2n) is 7.33. The number of carbonyl (C=O) groups excluding carboxylic acids is 1. The lowest BCUT2D eigenvalue weighted by Crippen LogP contribution is -2.41. The van der Waals surface area contributed by atoms with Gasteiger partial charge in [0.25, 0.3) is 5.91 Å². The van der Waals surface area contributed by atoms with Gasteiger partial charge in [-0.05, 0) is 31.6 Å². The number of hydrogen-bond donors (Lipinski definition) is 1. The highest BCUT2D eigenvalue weighted by Crippen LogP contribution is 2.42. The maximum Gasteiger partial charge on any atom is 0.289 e. The quantitative estimate of drug-likeness (QED) is 0.751. The topological polar surface area (TPSA) is 62.9 Å². The molecule has 0 unspecified atom stereocenters. The average Bonchev–Trinajstić information content (AvgIpc) is 3.19. The molecule has 1 aromatic heterocycles. The highest BCUT2D eigenvalue weighted by atomic mass is 32.2. The predicted octanol–water partition coefficient (Wildman–Crippen LogP) is 3.09. The van der Waals surface area contributed by atoms with Gasteiger partial charge in [-0.2, -0.15) is 11.8 Å². The standard InChI is InChI=1S/C19H29NO4S/c1-3-4-7-25-11-15-8-17(24-14(15)2)18(22)20-9-16-10-23-6-5-19(16,12-20)13-21/h8,16,21H,3-7,9-13H2,1-2H3/t16-,19-/m1/s1. The van der Waals surface area contributed by atoms with Crippen LogP contribution in [0.4, 0.5) is 0 Å². The molecule has 1 amide bonds. The van der Waals surface area contributed by atoms with Crippen LogP contribution in [0.2, 0.25) is 0 Å². The van der Waals surface area contributed by atoms with Crippen LogP contribution in [0.1, 0.15) is 48.1 Å². The number of thioether (sulfide) groups is 1. The molecule has 2 atom stereocenters. The van der Waals surface area contributed by atoms with Crippen LogP contribution < -0.4 is 0 Å². The van der Waals surface area contributed by atoms with E-state index in [0.29, 0.717) is 32.1 Å². The van der Waals surface area contributed by atoms with Crippen LogP contribution in [0.3, 0.4) is 0 Å². The molecular formula is C19H29NO4S. The van der Waals surface area contributed by atoms with Gasteiger partial charge in [0.1, 0.15) is 5.76 Å². The van der Waals surface area contributed by atoms with Crippen molar-refractivity contribution in [2.24, 2.45) is 11.3 Å². The maximum atomic E-state index is 12.9. The third-order valence-corrected chi connectivity index (χ3v) is 6.70. The molecule has 0 spiro atoms. The van der Waals surface area contributed by atoms with Gasteiger partial charge in [-0.3, -0.25) is 4.79 Å². The summed E-state index contributed by atoms with van der Waals surface area (Å²) in [5.41, 5.74) is 0.912. The van der Waals surface area contributed by atoms with Crippen molar-refractivity contribution < 1.29 is 19.1 Å². The van der Waals surface area contributed by atoms with Crippen molar-refractivity contribution >= 4 is 17.7 Å². The Morgan fingerprint density at radius 1 is 1.52 bits per heavy atom. The number of nitrogens with zero attached hydrogens (tertiary/aromatic N) is 1. The van der Waals surface area contributed by atoms with E-state index < -0.39 is 0 Å². The van der Waals surface area contributed by atoms with Crippen molar-refractivity contribution in [2.75, 3.05) is 38.7 Å². The lowest BCUT2D eigenvalue weighted by atomic mass is 9.75. The smallest absolute Gasteiger partial charge is 0.289 e. The van der Waals surface area contributed by atoms with E-state index in [-0.39, 0.29) is 23.8 Å². The minimum Gasteiger partial charge on any atom is -0.456 e. The summed E-state index contributed by atoms with van der Waals surface area (Å²) >= 11 is 1.89. The van der Waals surface area contributed by atoms with Crippen molar-refractivity contribution in [2.45, 2.75) is 38.9 Å². The number of likely N-dealkylation sites (tertiary alicyclic amines) is 1. The molecule has 1 N–H and O–H groups in total. The van der Waals surface area contributed by atoms with Crippen LogP contribution in [-0.4, -0.2) is 54.6 Å². The van der Waals surface area contributed by atoms with Gasteiger partial charge in [0.15, 0.2) is 5.76 Å². The zero-order valence-electron chi connectivity index (χ0n) is 15.3. The first kappa shape index (κ1) is 18.8. The predicted molar refractivity (Wildman–Crippen MR) is 98.9 cm³/mol. The Kier molecular flexibility index (Phi) is 6.12. The molecule has 6 heteroatoms. The van der Waals surface area contributed by atoms with Crippen LogP contribution in [0.5, 0.6) is 0 Å². The fourth-order valence-corrected chi connectivity index (χ4v) is 4.96. The van der Waals surface area contributed by atoms with Crippen LogP contribution in [0, 0.1) is 18.3 Å². The fourth-order valence-electron chi connectivity index (χ4n) is 3.81. The molecule has 0 bridgehead atoms. The summed E-state index contributed by atoms with van der Waals surface area (Å²) in [4.78, 5) is 14.7. The van der Waals surface area contributed by atoms with Gasteiger partial charge in [0.2, 0.25) is 0 Å². The molecular weight excluding hydrogens is 338 g/mol. The molecule has 2 saturated heterocycles. The number of aryl methyl sites for hydroxylation is 1. The molecule has 0 radical (unpaired) electrons. The van der Waals surface area contributed by atoms with E-state index >= 15 is 0 Å². The summed E-state index contributed by atoms with van der Waals surface area (Å²) in [6.45, 7) is 6.76. The van der Waals surface area contributed by atoms with Gasteiger partial charge in [0.05, 0.1) is 13.2 Å². The van der Waals surface area contributed by atoms with Crippen molar-refractivity contribution in [3.8, 4) is 0 Å². The van der Waals surface area contributed by atoms with Crippen molar-refractivity contribution in [3.05, 3.63) is 23.2 Å². The Hall–Kier alpha value is -0.980. The number of ether oxygens (including phenoxy) is 1. The van der Waals surface area contributed by atoms with Gasteiger partial charge in [-0.25, -0.2) is 0 Å². The number of hydrogen-bond acceptors (Lipinski definition) is 5. The minimum atomic E-state index is -0.200. The van der Waals surface area contributed by atoms with Crippen LogP contribution in [0.15, 0.2) is 10.5 Å². The summed E-state index contributed by atoms with van der Waals surface area (Å²) in [5.74, 6) is 3.45. The van der Waals surface area contributed by atoms with Crippen LogP contribution in [-0.2, 0) is 10.5 Å². The first-order valence-corrected chi connectivity index (χ1v) is 10.4. The third kappa shape index (κ3) is 3.91. The summed E-state index contributed by atoms with van der Waals surface area (Å²) in [7, 11) is 0. The van der Waals surface area contributed by atoms with E-state index in [0.717, 1.165) is 29.3 Å². The first-order valence-electron chi connectivity index (χ1n) is 9.24. The number of aliphatic hydroxyl groups excluding tert-OH is 1. The number of unbranched alkanes of at least 4 members (excludes halogenated alkanes) is 1. The Balaban J connectivity index is 1.65. The summed E-state index contributed by atoms with van der Waals surface area (Å²) in [6.07, 6.45) is 3.23. The first-order chi connectivity index (χ1) is 12.1. The molecule has 0 aromatic carbocycles. The lowest BCUT2D eigenvalue weighted by molar-refractivity contribution is -0.0415. The summed E-state index contributed by atoms with van der Waals surface area (Å²) < 4.78 is 11.3. The third-order valence-electron chi connectivity index (χ3n) is 5.61. The van der Waals surface area contributed by atoms with Crippen molar-refractivity contribution in [1.29, 1.82) is 0 Å². The van der Waals surface area contributed by atoms with E-state index in [4.69, 9.17) is 9.15 Å². The van der Waals surface area contributed by atoms with E-state index in [1.165, 1.54) is 12.8 Å². The molecule has 140 valence electrons. The number of carbonyl (C=O) groups is 1. The maximum absolute atomic E-state index is 12.9. The Labute approximate surface area is 154 Å². The number of amides is 1. The molecule has 0 saturated carbocycles. The zero-order valence-corrected chi connectivity index (χ0v) is 16.1. The molecule has 2 aliphatic rings. The van der Waals surface area contributed by atoms with Gasteiger partial charge >= 0.3 is 0 Å². The van der Waals surface area contributed by atoms with Gasteiger partial charge in [0, 0.05) is 42.3 Å². The van der Waals surface area contributed by atoms with E-state index in [1.54, 1.807) is 0 Å². The highest BCUT2D eigenvalue weighted by molar-refractivity contribution is 7.98. The largest absolute Gasteiger partial charge is 0.456 e. The van der Waals surface area contributed by atoms with E-state index in [1.807, 2.05) is 29.7 Å². The number of fused-ring (bicyclic) bond motifs is 1. The molecule has 0 aliphatic carbocycles. The van der Waals surface area contributed by atoms with Gasteiger partial charge < -0.3 is 19.2 Å². The molecule has 1 aromatic rings. The van der Waals surface area contributed by atoms with Crippen LogP contribution >= 0.6 is 11.8 Å². The second kappa shape index (κ2) is 8.14. The fraction of sp³-hybridized carbons (Fsp3) is 0.737. The van der Waals surface area contributed by atoms with E-state index in [9.17, 15) is 9.90 Å². The Morgan fingerprint density at radius 3 is 3.08 bits per heavy atom. The lowest BCUT2D eigenvalue weighted by Gasteiger charge is -2.36. The SMILES string of the molecule is CCCCSCc1cc(C(=O)N2C[C@@H]3COCC[C@]3(CO)C2)oc1C. The molecule has 5 nitrogen and oxygen atoms in total. The number of furan rings is 1. The van der Waals surface area contributed by atoms with Crippen molar-refractivity contribution in [1.82, 2.24) is 4.90 Å². The number of rotatable bonds is 7. The van der Waals surface area contributed by atoms with Gasteiger partial charge in [-0.15, -0.1) is 0 Å². The van der Waals surface area contributed by atoms with Gasteiger partial charge in [-0.1, -0.05) is 13.3 Å². The van der Waals surface area contributed by atoms with Crippen molar-refractivity contribution in [3.63, 3.8) is 0 Å². The zero-order chi connectivity index (χ0) is 17.9. The molecule has 2 fully saturated rings. The summed E-state index contributed by atoms with van der Waals surface area (Å²) in [5, 5.41) is 9.89. The van der Waals surface area contributed by atoms with E-state index in [2.05, 4.69) is 6.92 Å². The van der Waals surface area contributed by atoms with Crippen LogP contribution in [0.25, 0.3) is 0 Å². The second-order valence-corrected chi connectivity index (χ2v) is 8.43. The summed E-state index contributed by atoms with van der Waals surface area (Å²) in [6, 6.07) is 1.90.